The molecule has 1 saturated heterocycles. The number of aryl methyl sites for hydroxylation is 1. The minimum absolute atomic E-state index is 0.0105. The van der Waals surface area contributed by atoms with Crippen molar-refractivity contribution in [2.24, 2.45) is 7.05 Å². The number of carbonyl (C=O) groups is 2. The Hall–Kier alpha value is -4.64. The van der Waals surface area contributed by atoms with Crippen molar-refractivity contribution in [2.75, 3.05) is 18.5 Å². The normalized spacial score (nSPS) is 15.2. The van der Waals surface area contributed by atoms with E-state index in [-0.39, 0.29) is 22.6 Å². The third-order valence-electron chi connectivity index (χ3n) is 7.42. The molecule has 1 aromatic heterocycles. The van der Waals surface area contributed by atoms with Crippen LogP contribution in [0.25, 0.3) is 22.4 Å². The molecule has 11 heteroatoms. The molecular weight excluding hydrogens is 534 g/mol. The third kappa shape index (κ3) is 5.53. The van der Waals surface area contributed by atoms with E-state index in [0.717, 1.165) is 17.7 Å². The van der Waals surface area contributed by atoms with E-state index >= 15 is 8.78 Å². The summed E-state index contributed by atoms with van der Waals surface area (Å²) in [6.45, 7) is 2.37. The van der Waals surface area contributed by atoms with E-state index in [9.17, 15) is 14.7 Å². The SMILES string of the molecule is C[C@@H](OC(=O)Nc1c(-c2cc(F)c(-c3ccc(C4(C(=O)O)CCOCC4)cc3)cc2F)nnn1C)c1ccccc1. The maximum absolute atomic E-state index is 15.4. The van der Waals surface area contributed by atoms with Gasteiger partial charge in [0, 0.05) is 31.4 Å². The second kappa shape index (κ2) is 11.5. The van der Waals surface area contributed by atoms with Crippen LogP contribution in [0.5, 0.6) is 0 Å². The van der Waals surface area contributed by atoms with Crippen molar-refractivity contribution >= 4 is 17.9 Å². The number of aromatic nitrogens is 3. The number of hydrogen-bond donors (Lipinski definition) is 2. The highest BCUT2D eigenvalue weighted by Crippen LogP contribution is 2.38. The number of carboxylic acid groups (broad SMARTS) is 1. The molecule has 41 heavy (non-hydrogen) atoms. The number of amides is 1. The van der Waals surface area contributed by atoms with Crippen LogP contribution in [0.4, 0.5) is 19.4 Å². The molecule has 1 atom stereocenters. The van der Waals surface area contributed by atoms with E-state index in [1.807, 2.05) is 30.3 Å². The number of nitrogens with one attached hydrogen (secondary N) is 1. The molecule has 2 N–H and O–H groups in total. The Morgan fingerprint density at radius 3 is 2.32 bits per heavy atom. The van der Waals surface area contributed by atoms with Gasteiger partial charge < -0.3 is 14.6 Å². The molecule has 1 fully saturated rings. The topological polar surface area (TPSA) is 116 Å². The zero-order valence-corrected chi connectivity index (χ0v) is 22.4. The second-order valence-electron chi connectivity index (χ2n) is 9.88. The first-order chi connectivity index (χ1) is 19.7. The number of rotatable bonds is 7. The van der Waals surface area contributed by atoms with Gasteiger partial charge in [0.15, 0.2) is 5.82 Å². The van der Waals surface area contributed by atoms with Gasteiger partial charge in [0.25, 0.3) is 0 Å². The molecule has 0 saturated carbocycles. The lowest BCUT2D eigenvalue weighted by atomic mass is 9.74. The van der Waals surface area contributed by atoms with Gasteiger partial charge in [-0.2, -0.15) is 0 Å². The Bertz CT molecular complexity index is 1570. The number of nitrogens with zero attached hydrogens (tertiary/aromatic N) is 3. The fourth-order valence-corrected chi connectivity index (χ4v) is 5.02. The highest BCUT2D eigenvalue weighted by molar-refractivity contribution is 5.89. The van der Waals surface area contributed by atoms with Crippen molar-refractivity contribution in [3.8, 4) is 22.4 Å². The predicted octanol–water partition coefficient (Wildman–Crippen LogP) is 5.87. The molecule has 0 radical (unpaired) electrons. The van der Waals surface area contributed by atoms with Gasteiger partial charge in [-0.05, 0) is 48.6 Å². The van der Waals surface area contributed by atoms with Crippen LogP contribution in [0, 0.1) is 11.6 Å². The minimum Gasteiger partial charge on any atom is -0.481 e. The van der Waals surface area contributed by atoms with Crippen molar-refractivity contribution in [1.82, 2.24) is 15.0 Å². The van der Waals surface area contributed by atoms with E-state index in [1.54, 1.807) is 31.2 Å². The van der Waals surface area contributed by atoms with Crippen molar-refractivity contribution in [3.63, 3.8) is 0 Å². The molecule has 2 heterocycles. The molecule has 5 rings (SSSR count). The summed E-state index contributed by atoms with van der Waals surface area (Å²) in [6.07, 6.45) is -0.717. The van der Waals surface area contributed by atoms with Crippen molar-refractivity contribution in [3.05, 3.63) is 89.5 Å². The molecule has 1 amide bonds. The number of anilines is 1. The van der Waals surface area contributed by atoms with Crippen LogP contribution in [-0.4, -0.2) is 45.4 Å². The average Bonchev–Trinajstić information content (AvgIpc) is 3.33. The maximum atomic E-state index is 15.4. The lowest BCUT2D eigenvalue weighted by Crippen LogP contribution is -2.41. The molecule has 3 aromatic carbocycles. The van der Waals surface area contributed by atoms with E-state index in [1.165, 1.54) is 11.7 Å². The summed E-state index contributed by atoms with van der Waals surface area (Å²) >= 11 is 0. The van der Waals surface area contributed by atoms with Crippen molar-refractivity contribution in [1.29, 1.82) is 0 Å². The van der Waals surface area contributed by atoms with Gasteiger partial charge in [-0.25, -0.2) is 18.3 Å². The molecule has 0 spiro atoms. The number of hydrogen-bond acceptors (Lipinski definition) is 6. The summed E-state index contributed by atoms with van der Waals surface area (Å²) in [5, 5.41) is 20.2. The minimum atomic E-state index is -1.08. The molecule has 4 aromatic rings. The molecule has 0 unspecified atom stereocenters. The fraction of sp³-hybridized carbons (Fsp3) is 0.267. The van der Waals surface area contributed by atoms with Crippen LogP contribution in [0.2, 0.25) is 0 Å². The Morgan fingerprint density at radius 2 is 1.66 bits per heavy atom. The fourth-order valence-electron chi connectivity index (χ4n) is 5.02. The summed E-state index contributed by atoms with van der Waals surface area (Å²) in [7, 11) is 1.50. The molecule has 1 aliphatic rings. The molecular formula is C30H28F2N4O5. The van der Waals surface area contributed by atoms with Gasteiger partial charge >= 0.3 is 12.1 Å². The second-order valence-corrected chi connectivity index (χ2v) is 9.88. The van der Waals surface area contributed by atoms with Crippen LogP contribution in [0.15, 0.2) is 66.7 Å². The van der Waals surface area contributed by atoms with Gasteiger partial charge in [0.2, 0.25) is 0 Å². The van der Waals surface area contributed by atoms with Gasteiger partial charge in [-0.1, -0.05) is 59.8 Å². The first-order valence-electron chi connectivity index (χ1n) is 13.0. The monoisotopic (exact) mass is 562 g/mol. The van der Waals surface area contributed by atoms with Crippen molar-refractivity contribution < 1.29 is 33.0 Å². The number of ether oxygens (including phenoxy) is 2. The summed E-state index contributed by atoms with van der Waals surface area (Å²) in [5.41, 5.74) is 0.378. The first kappa shape index (κ1) is 27.9. The largest absolute Gasteiger partial charge is 0.481 e. The summed E-state index contributed by atoms with van der Waals surface area (Å²) in [4.78, 5) is 24.7. The van der Waals surface area contributed by atoms with Gasteiger partial charge in [0.05, 0.1) is 5.41 Å². The molecule has 1 aliphatic heterocycles. The predicted molar refractivity (Wildman–Crippen MR) is 146 cm³/mol. The number of carbonyl (C=O) groups excluding carboxylic acids is 1. The highest BCUT2D eigenvalue weighted by Gasteiger charge is 2.41. The van der Waals surface area contributed by atoms with Crippen LogP contribution in [0.3, 0.4) is 0 Å². The van der Waals surface area contributed by atoms with E-state index in [2.05, 4.69) is 15.6 Å². The van der Waals surface area contributed by atoms with E-state index in [4.69, 9.17) is 9.47 Å². The maximum Gasteiger partial charge on any atom is 0.413 e. The number of aliphatic carboxylic acids is 1. The van der Waals surface area contributed by atoms with Crippen LogP contribution >= 0.6 is 0 Å². The molecule has 0 bridgehead atoms. The highest BCUT2D eigenvalue weighted by atomic mass is 19.1. The summed E-state index contributed by atoms with van der Waals surface area (Å²) < 4.78 is 42.8. The average molecular weight is 563 g/mol. The van der Waals surface area contributed by atoms with Crippen LogP contribution < -0.4 is 5.32 Å². The Balaban J connectivity index is 1.39. The molecule has 0 aliphatic carbocycles. The number of benzene rings is 3. The van der Waals surface area contributed by atoms with Gasteiger partial charge in [-0.15, -0.1) is 5.10 Å². The first-order valence-corrected chi connectivity index (χ1v) is 13.0. The lowest BCUT2D eigenvalue weighted by molar-refractivity contribution is -0.147. The van der Waals surface area contributed by atoms with Crippen LogP contribution in [0.1, 0.15) is 37.0 Å². The van der Waals surface area contributed by atoms with Crippen LogP contribution in [-0.2, 0) is 26.7 Å². The van der Waals surface area contributed by atoms with Gasteiger partial charge in [-0.3, -0.25) is 10.1 Å². The Morgan fingerprint density at radius 1 is 1.02 bits per heavy atom. The van der Waals surface area contributed by atoms with Gasteiger partial charge in [0.1, 0.15) is 23.4 Å². The van der Waals surface area contributed by atoms with E-state index in [0.29, 0.717) is 37.2 Å². The lowest BCUT2D eigenvalue weighted by Gasteiger charge is -2.33. The smallest absolute Gasteiger partial charge is 0.413 e. The van der Waals surface area contributed by atoms with E-state index < -0.39 is 35.2 Å². The van der Waals surface area contributed by atoms with Crippen molar-refractivity contribution in [2.45, 2.75) is 31.3 Å². The number of halogens is 2. The zero-order chi connectivity index (χ0) is 29.1. The Labute approximate surface area is 234 Å². The molecule has 9 nitrogen and oxygen atoms in total. The zero-order valence-electron chi connectivity index (χ0n) is 22.4. The third-order valence-corrected chi connectivity index (χ3v) is 7.42. The quantitative estimate of drug-likeness (QED) is 0.289. The molecule has 212 valence electrons. The standard InChI is InChI=1S/C30H28F2N4O5/c1-18(19-6-4-3-5-7-19)41-29(39)33-27-26(34-35-36(27)2)23-17-24(31)22(16-25(23)32)20-8-10-21(11-9-20)30(28(37)38)12-14-40-15-13-30/h3-11,16-18H,12-15H2,1-2H3,(H,33,39)(H,37,38)/t18-/m1/s1. The summed E-state index contributed by atoms with van der Waals surface area (Å²) in [6, 6.07) is 17.6. The summed E-state index contributed by atoms with van der Waals surface area (Å²) in [5.74, 6) is -2.43. The number of carboxylic acids is 1. The Kier molecular flexibility index (Phi) is 7.80.